The number of hydrogen-bond acceptors (Lipinski definition) is 4. The number of rotatable bonds is 5. The maximum atomic E-state index is 13.6. The van der Waals surface area contributed by atoms with Crippen LogP contribution in [0.3, 0.4) is 0 Å². The highest BCUT2D eigenvalue weighted by atomic mass is 19.1. The van der Waals surface area contributed by atoms with Gasteiger partial charge in [-0.25, -0.2) is 14.2 Å². The molecule has 2 N–H and O–H groups in total. The number of nitrogens with zero attached hydrogens (tertiary/aromatic N) is 3. The molecule has 1 aromatic heterocycles. The van der Waals surface area contributed by atoms with Gasteiger partial charge in [0, 0.05) is 44.5 Å². The first kappa shape index (κ1) is 19.6. The van der Waals surface area contributed by atoms with E-state index < -0.39 is 6.04 Å². The monoisotopic (exact) mass is 385 g/mol. The summed E-state index contributed by atoms with van der Waals surface area (Å²) in [6, 6.07) is 11.0. The average Bonchev–Trinajstić information content (AvgIpc) is 2.73. The predicted octanol–water partition coefficient (Wildman–Crippen LogP) is 1.76. The van der Waals surface area contributed by atoms with E-state index in [1.54, 1.807) is 36.2 Å². The van der Waals surface area contributed by atoms with Gasteiger partial charge in [0.15, 0.2) is 0 Å². The molecule has 0 bridgehead atoms. The van der Waals surface area contributed by atoms with Gasteiger partial charge in [0.1, 0.15) is 17.7 Å². The molecule has 0 unspecified atom stereocenters. The van der Waals surface area contributed by atoms with Crippen molar-refractivity contribution in [2.75, 3.05) is 31.1 Å². The zero-order valence-electron chi connectivity index (χ0n) is 15.8. The third kappa shape index (κ3) is 4.97. The molecule has 28 heavy (non-hydrogen) atoms. The molecule has 2 heterocycles. The van der Waals surface area contributed by atoms with Crippen molar-refractivity contribution < 1.29 is 14.0 Å². The van der Waals surface area contributed by atoms with Crippen molar-refractivity contribution in [3.63, 3.8) is 0 Å². The summed E-state index contributed by atoms with van der Waals surface area (Å²) in [5, 5.41) is 5.35. The first-order chi connectivity index (χ1) is 13.5. The summed E-state index contributed by atoms with van der Waals surface area (Å²) >= 11 is 0. The Hall–Kier alpha value is -3.16. The Balaban J connectivity index is 1.44. The van der Waals surface area contributed by atoms with Crippen LogP contribution in [0.5, 0.6) is 0 Å². The van der Waals surface area contributed by atoms with E-state index in [1.165, 1.54) is 6.07 Å². The molecule has 1 fully saturated rings. The van der Waals surface area contributed by atoms with Crippen molar-refractivity contribution in [2.24, 2.45) is 0 Å². The first-order valence-corrected chi connectivity index (χ1v) is 9.27. The Kier molecular flexibility index (Phi) is 6.41. The smallest absolute Gasteiger partial charge is 0.318 e. The minimum absolute atomic E-state index is 0.0778. The Morgan fingerprint density at radius 2 is 1.82 bits per heavy atom. The van der Waals surface area contributed by atoms with Gasteiger partial charge >= 0.3 is 6.03 Å². The van der Waals surface area contributed by atoms with Crippen molar-refractivity contribution in [2.45, 2.75) is 19.5 Å². The van der Waals surface area contributed by atoms with Gasteiger partial charge in [-0.1, -0.05) is 24.3 Å². The van der Waals surface area contributed by atoms with Crippen LogP contribution in [-0.4, -0.2) is 54.0 Å². The van der Waals surface area contributed by atoms with Crippen molar-refractivity contribution in [1.82, 2.24) is 20.5 Å². The molecule has 0 radical (unpaired) electrons. The van der Waals surface area contributed by atoms with Gasteiger partial charge in [0.25, 0.3) is 0 Å². The lowest BCUT2D eigenvalue weighted by Gasteiger charge is -2.35. The number of piperazine rings is 1. The summed E-state index contributed by atoms with van der Waals surface area (Å²) in [5.41, 5.74) is 0.403. The molecular formula is C20H24FN5O2. The molecule has 7 nitrogen and oxygen atoms in total. The molecule has 1 aromatic carbocycles. The summed E-state index contributed by atoms with van der Waals surface area (Å²) in [6.45, 7) is 4.14. The highest BCUT2D eigenvalue weighted by molar-refractivity contribution is 5.86. The second-order valence-electron chi connectivity index (χ2n) is 6.64. The van der Waals surface area contributed by atoms with Crippen LogP contribution >= 0.6 is 0 Å². The molecule has 3 amide bonds. The molecule has 1 atom stereocenters. The van der Waals surface area contributed by atoms with Crippen LogP contribution in [-0.2, 0) is 11.3 Å². The van der Waals surface area contributed by atoms with E-state index in [9.17, 15) is 14.0 Å². The normalized spacial score (nSPS) is 15.1. The number of anilines is 1. The zero-order valence-corrected chi connectivity index (χ0v) is 15.8. The van der Waals surface area contributed by atoms with Crippen molar-refractivity contribution in [3.8, 4) is 0 Å². The maximum Gasteiger partial charge on any atom is 0.318 e. The summed E-state index contributed by atoms with van der Waals surface area (Å²) in [6.07, 6.45) is 1.75. The van der Waals surface area contributed by atoms with Gasteiger partial charge in [0.2, 0.25) is 5.91 Å². The molecule has 3 rings (SSSR count). The Labute approximate surface area is 163 Å². The summed E-state index contributed by atoms with van der Waals surface area (Å²) in [4.78, 5) is 32.7. The summed E-state index contributed by atoms with van der Waals surface area (Å²) in [5.74, 6) is 0.164. The number of aromatic nitrogens is 1. The lowest BCUT2D eigenvalue weighted by Crippen LogP contribution is -2.55. The fourth-order valence-electron chi connectivity index (χ4n) is 3.00. The number of nitrogens with one attached hydrogen (secondary N) is 2. The molecule has 148 valence electrons. The number of pyridine rings is 1. The van der Waals surface area contributed by atoms with E-state index >= 15 is 0 Å². The third-order valence-corrected chi connectivity index (χ3v) is 4.68. The molecule has 1 aliphatic rings. The Morgan fingerprint density at radius 3 is 2.50 bits per heavy atom. The van der Waals surface area contributed by atoms with Crippen LogP contribution < -0.4 is 15.5 Å². The third-order valence-electron chi connectivity index (χ3n) is 4.68. The minimum Gasteiger partial charge on any atom is -0.353 e. The topological polar surface area (TPSA) is 77.6 Å². The van der Waals surface area contributed by atoms with Crippen molar-refractivity contribution in [3.05, 3.63) is 60.0 Å². The van der Waals surface area contributed by atoms with Gasteiger partial charge in [-0.2, -0.15) is 0 Å². The molecule has 8 heteroatoms. The fraction of sp³-hybridized carbons (Fsp3) is 0.350. The number of urea groups is 1. The Bertz CT molecular complexity index is 809. The van der Waals surface area contributed by atoms with Gasteiger partial charge in [-0.3, -0.25) is 4.79 Å². The van der Waals surface area contributed by atoms with E-state index in [0.717, 1.165) is 5.82 Å². The highest BCUT2D eigenvalue weighted by Gasteiger charge is 2.24. The fourth-order valence-corrected chi connectivity index (χ4v) is 3.00. The van der Waals surface area contributed by atoms with Crippen LogP contribution in [0.1, 0.15) is 12.5 Å². The lowest BCUT2D eigenvalue weighted by molar-refractivity contribution is -0.122. The maximum absolute atomic E-state index is 13.6. The molecule has 1 aliphatic heterocycles. The number of carbonyl (C=O) groups excluding carboxylic acids is 2. The second kappa shape index (κ2) is 9.16. The number of halogens is 1. The van der Waals surface area contributed by atoms with Gasteiger partial charge in [-0.15, -0.1) is 0 Å². The number of benzene rings is 1. The SMILES string of the molecule is C[C@@H](NC(=O)N1CCN(c2ccccn2)CC1)C(=O)NCc1ccccc1F. The van der Waals surface area contributed by atoms with Gasteiger partial charge in [-0.05, 0) is 25.1 Å². The van der Waals surface area contributed by atoms with Crippen LogP contribution in [0.2, 0.25) is 0 Å². The van der Waals surface area contributed by atoms with E-state index in [1.807, 2.05) is 18.2 Å². The molecular weight excluding hydrogens is 361 g/mol. The molecule has 2 aromatic rings. The molecule has 0 aliphatic carbocycles. The van der Waals surface area contributed by atoms with Gasteiger partial charge < -0.3 is 20.4 Å². The number of carbonyl (C=O) groups is 2. The number of hydrogen-bond donors (Lipinski definition) is 2. The predicted molar refractivity (Wildman–Crippen MR) is 104 cm³/mol. The van der Waals surface area contributed by atoms with Crippen LogP contribution in [0, 0.1) is 5.82 Å². The van der Waals surface area contributed by atoms with E-state index in [0.29, 0.717) is 31.7 Å². The van der Waals surface area contributed by atoms with Crippen LogP contribution in [0.15, 0.2) is 48.7 Å². The standard InChI is InChI=1S/C20H24FN5O2/c1-15(19(27)23-14-16-6-2-3-7-17(16)21)24-20(28)26-12-10-25(11-13-26)18-8-4-5-9-22-18/h2-9,15H,10-14H2,1H3,(H,23,27)(H,24,28)/t15-/m1/s1. The van der Waals surface area contributed by atoms with E-state index in [2.05, 4.69) is 20.5 Å². The summed E-state index contributed by atoms with van der Waals surface area (Å²) < 4.78 is 13.6. The van der Waals surface area contributed by atoms with E-state index in [4.69, 9.17) is 0 Å². The molecule has 0 spiro atoms. The second-order valence-corrected chi connectivity index (χ2v) is 6.64. The molecule has 0 saturated carbocycles. The summed E-state index contributed by atoms with van der Waals surface area (Å²) in [7, 11) is 0. The van der Waals surface area contributed by atoms with Crippen LogP contribution in [0.25, 0.3) is 0 Å². The van der Waals surface area contributed by atoms with Crippen LogP contribution in [0.4, 0.5) is 15.0 Å². The Morgan fingerprint density at radius 1 is 1.11 bits per heavy atom. The first-order valence-electron chi connectivity index (χ1n) is 9.27. The lowest BCUT2D eigenvalue weighted by atomic mass is 10.2. The van der Waals surface area contributed by atoms with Gasteiger partial charge in [0.05, 0.1) is 0 Å². The van der Waals surface area contributed by atoms with Crippen molar-refractivity contribution >= 4 is 17.8 Å². The van der Waals surface area contributed by atoms with Crippen molar-refractivity contribution in [1.29, 1.82) is 0 Å². The quantitative estimate of drug-likeness (QED) is 0.822. The zero-order chi connectivity index (χ0) is 19.9. The van der Waals surface area contributed by atoms with E-state index in [-0.39, 0.29) is 24.3 Å². The highest BCUT2D eigenvalue weighted by Crippen LogP contribution is 2.12. The number of amides is 3. The average molecular weight is 385 g/mol. The largest absolute Gasteiger partial charge is 0.353 e. The molecule has 1 saturated heterocycles. The minimum atomic E-state index is -0.715.